The molecular formula is C17H35N3O2P2. The van der Waals surface area contributed by atoms with Crippen LogP contribution in [0.4, 0.5) is 0 Å². The Morgan fingerprint density at radius 2 is 1.25 bits per heavy atom. The van der Waals surface area contributed by atoms with E-state index in [0.29, 0.717) is 0 Å². The highest BCUT2D eigenvalue weighted by Gasteiger charge is 2.70. The fourth-order valence-corrected chi connectivity index (χ4v) is 12.2. The molecule has 0 bridgehead atoms. The molecule has 1 N–H and O–H groups in total. The molecule has 0 amide bonds. The van der Waals surface area contributed by atoms with Crippen LogP contribution in [-0.4, -0.2) is 25.5 Å². The molecule has 0 unspecified atom stereocenters. The summed E-state index contributed by atoms with van der Waals surface area (Å²) in [6, 6.07) is 0. The van der Waals surface area contributed by atoms with E-state index >= 15 is 0 Å². The Balaban J connectivity index is 3.68. The summed E-state index contributed by atoms with van der Waals surface area (Å²) in [5.74, 6) is 1.62. The van der Waals surface area contributed by atoms with Gasteiger partial charge in [-0.3, -0.25) is 9.13 Å². The fraction of sp³-hybridized carbons (Fsp3) is 0.824. The number of nitrogens with zero attached hydrogens (tertiary/aromatic N) is 2. The van der Waals surface area contributed by atoms with Crippen LogP contribution in [0, 0.1) is 0 Å². The van der Waals surface area contributed by atoms with Crippen LogP contribution >= 0.6 is 15.0 Å². The van der Waals surface area contributed by atoms with Crippen LogP contribution in [0.5, 0.6) is 0 Å². The molecule has 1 fully saturated rings. The lowest BCUT2D eigenvalue weighted by Gasteiger charge is -2.63. The van der Waals surface area contributed by atoms with E-state index in [9.17, 15) is 9.13 Å². The summed E-state index contributed by atoms with van der Waals surface area (Å²) >= 11 is 0. The van der Waals surface area contributed by atoms with E-state index in [4.69, 9.17) is 0 Å². The van der Waals surface area contributed by atoms with E-state index < -0.39 is 26.1 Å². The molecule has 24 heavy (non-hydrogen) atoms. The van der Waals surface area contributed by atoms with Gasteiger partial charge in [0.2, 0.25) is 0 Å². The Morgan fingerprint density at radius 3 is 1.50 bits per heavy atom. The van der Waals surface area contributed by atoms with E-state index in [1.807, 2.05) is 76.2 Å². The largest absolute Gasteiger partial charge is 0.299 e. The van der Waals surface area contributed by atoms with E-state index in [-0.39, 0.29) is 5.54 Å². The van der Waals surface area contributed by atoms with Crippen LogP contribution in [0.15, 0.2) is 17.1 Å². The Hall–Kier alpha value is -0.140. The Labute approximate surface area is 148 Å². The highest BCUT2D eigenvalue weighted by atomic mass is 31.3. The second kappa shape index (κ2) is 6.23. The smallest absolute Gasteiger partial charge is 0.283 e. The van der Waals surface area contributed by atoms with Gasteiger partial charge >= 0.3 is 0 Å². The zero-order chi connectivity index (χ0) is 19.4. The molecule has 0 aromatic carbocycles. The summed E-state index contributed by atoms with van der Waals surface area (Å²) in [5, 5.41) is 3.27. The maximum Gasteiger partial charge on any atom is 0.299 e. The first-order chi connectivity index (χ1) is 10.4. The summed E-state index contributed by atoms with van der Waals surface area (Å²) in [5.41, 5.74) is 2.65. The van der Waals surface area contributed by atoms with Crippen molar-refractivity contribution in [3.05, 3.63) is 17.1 Å². The van der Waals surface area contributed by atoms with Crippen molar-refractivity contribution in [3.63, 3.8) is 0 Å². The minimum atomic E-state index is -3.19. The van der Waals surface area contributed by atoms with E-state index in [1.54, 1.807) is 14.7 Å². The van der Waals surface area contributed by atoms with Crippen molar-refractivity contribution in [1.82, 2.24) is 14.0 Å². The Kier molecular flexibility index (Phi) is 5.69. The molecule has 0 spiro atoms. The number of allylic oxidation sites excluding steroid dienone is 1. The maximum atomic E-state index is 14.0. The molecule has 0 saturated carbocycles. The molecule has 1 aliphatic rings. The van der Waals surface area contributed by atoms with Crippen molar-refractivity contribution in [1.29, 1.82) is 0 Å². The molecule has 1 saturated heterocycles. The van der Waals surface area contributed by atoms with Crippen LogP contribution in [0.2, 0.25) is 0 Å². The van der Waals surface area contributed by atoms with Gasteiger partial charge in [0.05, 0.1) is 0 Å². The zero-order valence-corrected chi connectivity index (χ0v) is 19.0. The molecule has 0 aliphatic carbocycles. The van der Waals surface area contributed by atoms with Crippen molar-refractivity contribution in [3.8, 4) is 0 Å². The lowest BCUT2D eigenvalue weighted by atomic mass is 10.1. The Bertz CT molecular complexity index is 623. The molecule has 0 aromatic heterocycles. The molecule has 0 radical (unpaired) electrons. The average Bonchev–Trinajstić information content (AvgIpc) is 2.17. The number of rotatable bonds is 2. The summed E-state index contributed by atoms with van der Waals surface area (Å²) in [6.07, 6.45) is 0. The quantitative estimate of drug-likeness (QED) is 0.476. The first-order valence-corrected chi connectivity index (χ1v) is 11.7. The molecule has 7 heteroatoms. The standard InChI is InChI=1S/C17H35N3O2P2/c1-14(2)12-13-23(21)19(16(6,7)8)24(22,18-15(3,4)5)20(23)17(9,10)11/h13H,1-11H3,(H,18,22). The zero-order valence-electron chi connectivity index (χ0n) is 17.2. The van der Waals surface area contributed by atoms with Gasteiger partial charge in [-0.2, -0.15) is 8.88 Å². The van der Waals surface area contributed by atoms with Gasteiger partial charge in [0.25, 0.3) is 15.0 Å². The summed E-state index contributed by atoms with van der Waals surface area (Å²) in [7, 11) is -6.32. The molecule has 0 aromatic rings. The van der Waals surface area contributed by atoms with Crippen molar-refractivity contribution in [2.75, 3.05) is 0 Å². The third kappa shape index (κ3) is 4.15. The summed E-state index contributed by atoms with van der Waals surface area (Å²) in [4.78, 5) is 0. The minimum Gasteiger partial charge on any atom is -0.283 e. The van der Waals surface area contributed by atoms with Crippen LogP contribution in [0.3, 0.4) is 0 Å². The number of hydrogen-bond donors (Lipinski definition) is 1. The first kappa shape index (κ1) is 21.9. The van der Waals surface area contributed by atoms with Crippen molar-refractivity contribution in [2.24, 2.45) is 0 Å². The predicted octanol–water partition coefficient (Wildman–Crippen LogP) is 5.97. The van der Waals surface area contributed by atoms with E-state index in [0.717, 1.165) is 5.57 Å². The van der Waals surface area contributed by atoms with Crippen LogP contribution in [0.1, 0.15) is 76.2 Å². The molecule has 1 aliphatic heterocycles. The van der Waals surface area contributed by atoms with Crippen LogP contribution in [-0.2, 0) is 9.13 Å². The van der Waals surface area contributed by atoms with Gasteiger partial charge in [0.15, 0.2) is 0 Å². The third-order valence-corrected chi connectivity index (χ3v) is 12.2. The molecule has 1 heterocycles. The van der Waals surface area contributed by atoms with Crippen LogP contribution in [0.25, 0.3) is 0 Å². The monoisotopic (exact) mass is 375 g/mol. The SMILES string of the molecule is CC(C)=C=CP1(=O)N(C(C)(C)C)P(=O)(NC(C)(C)C)N1C(C)(C)C. The lowest BCUT2D eigenvalue weighted by molar-refractivity contribution is 0.218. The fourth-order valence-electron chi connectivity index (χ4n) is 3.00. The Morgan fingerprint density at radius 1 is 0.875 bits per heavy atom. The van der Waals surface area contributed by atoms with Gasteiger partial charge in [0, 0.05) is 22.4 Å². The second-order valence-electron chi connectivity index (χ2n) is 9.69. The van der Waals surface area contributed by atoms with Gasteiger partial charge in [-0.1, -0.05) is 0 Å². The second-order valence-corrected chi connectivity index (χ2v) is 14.7. The highest BCUT2D eigenvalue weighted by molar-refractivity contribution is 7.89. The predicted molar refractivity (Wildman–Crippen MR) is 104 cm³/mol. The van der Waals surface area contributed by atoms with Gasteiger partial charge in [-0.05, 0) is 81.7 Å². The molecule has 0 atom stereocenters. The van der Waals surface area contributed by atoms with Gasteiger partial charge < -0.3 is 0 Å². The number of hydrogen-bond acceptors (Lipinski definition) is 2. The maximum absolute atomic E-state index is 14.0. The summed E-state index contributed by atoms with van der Waals surface area (Å²) < 4.78 is 31.3. The third-order valence-electron chi connectivity index (χ3n) is 3.26. The molecule has 5 nitrogen and oxygen atoms in total. The topological polar surface area (TPSA) is 52.7 Å². The van der Waals surface area contributed by atoms with Gasteiger partial charge in [-0.25, -0.2) is 5.09 Å². The number of nitrogens with one attached hydrogen (secondary N) is 1. The van der Waals surface area contributed by atoms with Crippen molar-refractivity contribution in [2.45, 2.75) is 92.8 Å². The first-order valence-electron chi connectivity index (χ1n) is 8.38. The van der Waals surface area contributed by atoms with Crippen LogP contribution < -0.4 is 5.09 Å². The lowest BCUT2D eigenvalue weighted by Crippen LogP contribution is -2.61. The average molecular weight is 375 g/mol. The van der Waals surface area contributed by atoms with Crippen molar-refractivity contribution < 1.29 is 9.13 Å². The molecule has 140 valence electrons. The highest BCUT2D eigenvalue weighted by Crippen LogP contribution is 2.88. The molecular weight excluding hydrogens is 340 g/mol. The minimum absolute atomic E-state index is 0.367. The molecule has 1 rings (SSSR count). The van der Waals surface area contributed by atoms with Crippen molar-refractivity contribution >= 4 is 15.0 Å². The summed E-state index contributed by atoms with van der Waals surface area (Å²) in [6.45, 7) is 21.5. The van der Waals surface area contributed by atoms with E-state index in [2.05, 4.69) is 10.8 Å². The normalized spacial score (nSPS) is 29.8. The van der Waals surface area contributed by atoms with Gasteiger partial charge in [-0.15, -0.1) is 5.73 Å². The van der Waals surface area contributed by atoms with E-state index in [1.165, 1.54) is 0 Å². The van der Waals surface area contributed by atoms with Gasteiger partial charge in [0.1, 0.15) is 0 Å².